The summed E-state index contributed by atoms with van der Waals surface area (Å²) in [5, 5.41) is 3.66. The predicted octanol–water partition coefficient (Wildman–Crippen LogP) is 4.46. The summed E-state index contributed by atoms with van der Waals surface area (Å²) in [6.45, 7) is 0. The van der Waals surface area contributed by atoms with Gasteiger partial charge in [0.05, 0.1) is 7.11 Å². The smallest absolute Gasteiger partial charge is 0.333 e. The van der Waals surface area contributed by atoms with Crippen molar-refractivity contribution in [2.24, 2.45) is 0 Å². The number of methoxy groups -OCH3 is 1. The Bertz CT molecular complexity index is 664. The fourth-order valence-corrected chi connectivity index (χ4v) is 2.21. The molecule has 2 aromatic rings. The van der Waals surface area contributed by atoms with E-state index in [1.807, 2.05) is 0 Å². The molecule has 2 aromatic carbocycles. The van der Waals surface area contributed by atoms with Crippen LogP contribution < -0.4 is 5.32 Å². The van der Waals surface area contributed by atoms with Crippen LogP contribution in [0.5, 0.6) is 0 Å². The molecule has 110 valence electrons. The van der Waals surface area contributed by atoms with Crippen molar-refractivity contribution in [2.45, 2.75) is 6.04 Å². The first kappa shape index (κ1) is 15.6. The Labute approximate surface area is 131 Å². The Morgan fingerprint density at radius 1 is 1.19 bits per heavy atom. The molecule has 0 saturated carbocycles. The molecule has 0 saturated heterocycles. The van der Waals surface area contributed by atoms with E-state index in [0.717, 1.165) is 6.07 Å². The maximum Gasteiger partial charge on any atom is 0.333 e. The van der Waals surface area contributed by atoms with E-state index in [9.17, 15) is 9.18 Å². The number of hydrogen-bond donors (Lipinski definition) is 1. The number of hydrogen-bond acceptors (Lipinski definition) is 3. The molecule has 0 fully saturated rings. The second-order valence-corrected chi connectivity index (χ2v) is 5.15. The molecule has 1 N–H and O–H groups in total. The minimum atomic E-state index is -0.995. The van der Waals surface area contributed by atoms with Gasteiger partial charge in [-0.2, -0.15) is 0 Å². The van der Waals surface area contributed by atoms with E-state index in [2.05, 4.69) is 5.32 Å². The van der Waals surface area contributed by atoms with Gasteiger partial charge in [-0.1, -0.05) is 35.3 Å². The molecule has 6 heteroatoms. The molecule has 0 aliphatic rings. The lowest BCUT2D eigenvalue weighted by Gasteiger charge is -2.19. The highest BCUT2D eigenvalue weighted by Crippen LogP contribution is 2.26. The molecule has 0 spiro atoms. The fourth-order valence-electron chi connectivity index (χ4n) is 1.86. The fraction of sp³-hybridized carbons (Fsp3) is 0.133. The average molecular weight is 328 g/mol. The van der Waals surface area contributed by atoms with Gasteiger partial charge in [-0.05, 0) is 30.3 Å². The molecule has 0 aliphatic carbocycles. The minimum absolute atomic E-state index is 0.145. The van der Waals surface area contributed by atoms with Gasteiger partial charge >= 0.3 is 5.97 Å². The van der Waals surface area contributed by atoms with E-state index in [4.69, 9.17) is 27.9 Å². The quantitative estimate of drug-likeness (QED) is 0.842. The number of anilines is 1. The molecule has 0 aromatic heterocycles. The van der Waals surface area contributed by atoms with Gasteiger partial charge in [0.1, 0.15) is 5.82 Å². The van der Waals surface area contributed by atoms with Crippen molar-refractivity contribution < 1.29 is 13.9 Å². The highest BCUT2D eigenvalue weighted by molar-refractivity contribution is 6.31. The van der Waals surface area contributed by atoms with E-state index in [1.54, 1.807) is 24.3 Å². The van der Waals surface area contributed by atoms with Crippen molar-refractivity contribution in [1.82, 2.24) is 0 Å². The van der Waals surface area contributed by atoms with E-state index in [-0.39, 0.29) is 10.6 Å². The Morgan fingerprint density at radius 2 is 1.90 bits per heavy atom. The molecule has 0 amide bonds. The molecule has 2 rings (SSSR count). The zero-order valence-corrected chi connectivity index (χ0v) is 12.6. The minimum Gasteiger partial charge on any atom is -0.467 e. The SMILES string of the molecule is COC(=O)C(Nc1cccc(Cl)c1)c1ccc(Cl)cc1F. The number of halogens is 3. The van der Waals surface area contributed by atoms with Crippen molar-refractivity contribution in [1.29, 1.82) is 0 Å². The number of rotatable bonds is 4. The van der Waals surface area contributed by atoms with Gasteiger partial charge in [0.15, 0.2) is 6.04 Å². The maximum absolute atomic E-state index is 14.0. The number of benzene rings is 2. The molecular formula is C15H12Cl2FNO2. The lowest BCUT2D eigenvalue weighted by atomic mass is 10.1. The van der Waals surface area contributed by atoms with Crippen LogP contribution >= 0.6 is 23.2 Å². The monoisotopic (exact) mass is 327 g/mol. The van der Waals surface area contributed by atoms with Crippen molar-refractivity contribution in [2.75, 3.05) is 12.4 Å². The summed E-state index contributed by atoms with van der Waals surface area (Å²) in [4.78, 5) is 11.9. The largest absolute Gasteiger partial charge is 0.467 e. The Hall–Kier alpha value is -1.78. The summed E-state index contributed by atoms with van der Waals surface area (Å²) in [5.74, 6) is -1.20. The molecule has 0 aliphatic heterocycles. The van der Waals surface area contributed by atoms with Gasteiger partial charge in [0.2, 0.25) is 0 Å². The molecule has 0 bridgehead atoms. The van der Waals surface area contributed by atoms with Crippen LogP contribution in [-0.4, -0.2) is 13.1 Å². The van der Waals surface area contributed by atoms with Crippen LogP contribution in [0, 0.1) is 5.82 Å². The maximum atomic E-state index is 14.0. The summed E-state index contributed by atoms with van der Waals surface area (Å²) >= 11 is 11.6. The van der Waals surface area contributed by atoms with Gasteiger partial charge < -0.3 is 10.1 Å². The van der Waals surface area contributed by atoms with Gasteiger partial charge in [-0.25, -0.2) is 9.18 Å². The van der Waals surface area contributed by atoms with Crippen LogP contribution in [0.3, 0.4) is 0 Å². The molecule has 21 heavy (non-hydrogen) atoms. The van der Waals surface area contributed by atoms with Gasteiger partial charge in [0.25, 0.3) is 0 Å². The highest BCUT2D eigenvalue weighted by Gasteiger charge is 2.24. The normalized spacial score (nSPS) is 11.8. The van der Waals surface area contributed by atoms with Crippen LogP contribution in [0.15, 0.2) is 42.5 Å². The first-order valence-corrected chi connectivity index (χ1v) is 6.81. The van der Waals surface area contributed by atoms with E-state index in [0.29, 0.717) is 10.7 Å². The third-order valence-corrected chi connectivity index (χ3v) is 3.32. The number of ether oxygens (including phenoxy) is 1. The van der Waals surface area contributed by atoms with Crippen molar-refractivity contribution in [3.05, 3.63) is 63.9 Å². The van der Waals surface area contributed by atoms with Gasteiger partial charge in [-0.15, -0.1) is 0 Å². The Morgan fingerprint density at radius 3 is 2.52 bits per heavy atom. The number of nitrogens with one attached hydrogen (secondary N) is 1. The van der Waals surface area contributed by atoms with Crippen LogP contribution in [0.25, 0.3) is 0 Å². The van der Waals surface area contributed by atoms with Gasteiger partial charge in [-0.3, -0.25) is 0 Å². The number of carbonyl (C=O) groups is 1. The summed E-state index contributed by atoms with van der Waals surface area (Å²) < 4.78 is 18.7. The van der Waals surface area contributed by atoms with Gasteiger partial charge in [0, 0.05) is 21.3 Å². The summed E-state index contributed by atoms with van der Waals surface area (Å²) in [6.07, 6.45) is 0. The van der Waals surface area contributed by atoms with E-state index < -0.39 is 17.8 Å². The van der Waals surface area contributed by atoms with Crippen LogP contribution in [0.1, 0.15) is 11.6 Å². The van der Waals surface area contributed by atoms with E-state index >= 15 is 0 Å². The lowest BCUT2D eigenvalue weighted by Crippen LogP contribution is -2.23. The number of carbonyl (C=O) groups excluding carboxylic acids is 1. The standard InChI is InChI=1S/C15H12Cl2FNO2/c1-21-15(20)14(12-6-5-10(17)8-13(12)18)19-11-4-2-3-9(16)7-11/h2-8,14,19H,1H3. The van der Waals surface area contributed by atoms with Crippen LogP contribution in [-0.2, 0) is 9.53 Å². The second kappa shape index (κ2) is 6.78. The predicted molar refractivity (Wildman–Crippen MR) is 81.2 cm³/mol. The van der Waals surface area contributed by atoms with E-state index in [1.165, 1.54) is 19.2 Å². The zero-order chi connectivity index (χ0) is 15.4. The second-order valence-electron chi connectivity index (χ2n) is 4.28. The zero-order valence-electron chi connectivity index (χ0n) is 11.1. The first-order valence-electron chi connectivity index (χ1n) is 6.06. The molecule has 3 nitrogen and oxygen atoms in total. The molecule has 0 radical (unpaired) electrons. The summed E-state index contributed by atoms with van der Waals surface area (Å²) in [6, 6.07) is 9.87. The van der Waals surface area contributed by atoms with Crippen molar-refractivity contribution >= 4 is 34.9 Å². The first-order chi connectivity index (χ1) is 10.0. The Kier molecular flexibility index (Phi) is 5.04. The highest BCUT2D eigenvalue weighted by atomic mass is 35.5. The molecule has 1 atom stereocenters. The summed E-state index contributed by atoms with van der Waals surface area (Å²) in [5.41, 5.74) is 0.721. The van der Waals surface area contributed by atoms with Crippen molar-refractivity contribution in [3.8, 4) is 0 Å². The molecule has 1 unspecified atom stereocenters. The molecule has 0 heterocycles. The van der Waals surface area contributed by atoms with Crippen LogP contribution in [0.4, 0.5) is 10.1 Å². The lowest BCUT2D eigenvalue weighted by molar-refractivity contribution is -0.141. The molecular weight excluding hydrogens is 316 g/mol. The average Bonchev–Trinajstić information content (AvgIpc) is 2.45. The topological polar surface area (TPSA) is 38.3 Å². The third-order valence-electron chi connectivity index (χ3n) is 2.85. The van der Waals surface area contributed by atoms with Crippen molar-refractivity contribution in [3.63, 3.8) is 0 Å². The summed E-state index contributed by atoms with van der Waals surface area (Å²) in [7, 11) is 1.24. The van der Waals surface area contributed by atoms with Crippen LogP contribution in [0.2, 0.25) is 10.0 Å². The third kappa shape index (κ3) is 3.86. The Balaban J connectivity index is 2.37. The number of esters is 1.